The van der Waals surface area contributed by atoms with E-state index in [0.29, 0.717) is 36.1 Å². The molecule has 0 saturated carbocycles. The SMILES string of the molecule is CC/C=C(\CN)c1c(NC(=O)CO)ccnc1Nc1ccc(OC(C)(F)F)cc1. The van der Waals surface area contributed by atoms with E-state index in [4.69, 9.17) is 10.8 Å². The lowest BCUT2D eigenvalue weighted by Gasteiger charge is -2.18. The molecule has 0 spiro atoms. The predicted molar refractivity (Wildman–Crippen MR) is 108 cm³/mol. The number of rotatable bonds is 9. The van der Waals surface area contributed by atoms with Crippen LogP contribution < -0.4 is 21.1 Å². The number of hydrogen-bond acceptors (Lipinski definition) is 6. The van der Waals surface area contributed by atoms with E-state index in [1.54, 1.807) is 18.2 Å². The van der Waals surface area contributed by atoms with Gasteiger partial charge in [-0.25, -0.2) is 4.98 Å². The number of amides is 1. The number of aromatic nitrogens is 1. The molecule has 0 aliphatic rings. The Hall–Kier alpha value is -3.04. The van der Waals surface area contributed by atoms with Crippen LogP contribution in [-0.4, -0.2) is 35.3 Å². The highest BCUT2D eigenvalue weighted by molar-refractivity contribution is 5.97. The number of nitrogens with zero attached hydrogens (tertiary/aromatic N) is 1. The number of nitrogens with two attached hydrogens (primary N) is 1. The van der Waals surface area contributed by atoms with E-state index >= 15 is 0 Å². The zero-order valence-corrected chi connectivity index (χ0v) is 16.2. The molecule has 5 N–H and O–H groups in total. The molecule has 2 rings (SSSR count). The molecule has 0 aliphatic carbocycles. The molecule has 29 heavy (non-hydrogen) atoms. The van der Waals surface area contributed by atoms with Gasteiger partial charge in [0, 0.05) is 30.9 Å². The van der Waals surface area contributed by atoms with Crippen molar-refractivity contribution in [3.63, 3.8) is 0 Å². The lowest BCUT2D eigenvalue weighted by atomic mass is 10.0. The molecular weight excluding hydrogens is 382 g/mol. The van der Waals surface area contributed by atoms with E-state index in [9.17, 15) is 13.6 Å². The van der Waals surface area contributed by atoms with Crippen molar-refractivity contribution in [2.24, 2.45) is 5.73 Å². The molecule has 0 fully saturated rings. The van der Waals surface area contributed by atoms with Crippen molar-refractivity contribution < 1.29 is 23.4 Å². The third-order valence-electron chi connectivity index (χ3n) is 3.77. The van der Waals surface area contributed by atoms with Gasteiger partial charge in [0.1, 0.15) is 18.2 Å². The molecule has 9 heteroatoms. The molecule has 0 saturated heterocycles. The summed E-state index contributed by atoms with van der Waals surface area (Å²) in [5.41, 5.74) is 8.24. The van der Waals surface area contributed by atoms with Gasteiger partial charge in [-0.05, 0) is 42.3 Å². The molecular formula is C20H24F2N4O3. The van der Waals surface area contributed by atoms with Crippen LogP contribution in [0.15, 0.2) is 42.6 Å². The van der Waals surface area contributed by atoms with Gasteiger partial charge < -0.3 is 26.2 Å². The smallest absolute Gasteiger partial charge is 0.394 e. The second-order valence-electron chi connectivity index (χ2n) is 6.19. The first kappa shape index (κ1) is 22.3. The number of halogens is 2. The second kappa shape index (κ2) is 9.94. The Labute approximate surface area is 167 Å². The lowest BCUT2D eigenvalue weighted by molar-refractivity contribution is -0.158. The fraction of sp³-hybridized carbons (Fsp3) is 0.300. The topological polar surface area (TPSA) is 110 Å². The summed E-state index contributed by atoms with van der Waals surface area (Å²) in [5.74, 6) is -0.132. The van der Waals surface area contributed by atoms with Crippen molar-refractivity contribution in [2.45, 2.75) is 26.4 Å². The molecule has 156 valence electrons. The Balaban J connectivity index is 2.39. The molecule has 1 aromatic carbocycles. The van der Waals surface area contributed by atoms with Gasteiger partial charge in [0.05, 0.1) is 5.69 Å². The average Bonchev–Trinajstić information content (AvgIpc) is 2.67. The fourth-order valence-electron chi connectivity index (χ4n) is 2.66. The summed E-state index contributed by atoms with van der Waals surface area (Å²) in [6.07, 6.45) is 0.848. The van der Waals surface area contributed by atoms with Crippen LogP contribution in [0.2, 0.25) is 0 Å². The second-order valence-corrected chi connectivity index (χ2v) is 6.19. The summed E-state index contributed by atoms with van der Waals surface area (Å²) in [5, 5.41) is 14.8. The Morgan fingerprint density at radius 1 is 1.31 bits per heavy atom. The molecule has 0 aliphatic heterocycles. The number of aliphatic hydroxyl groups excluding tert-OH is 1. The quantitative estimate of drug-likeness (QED) is 0.507. The van der Waals surface area contributed by atoms with E-state index < -0.39 is 18.6 Å². The molecule has 1 heterocycles. The number of benzene rings is 1. The normalized spacial score (nSPS) is 11.9. The van der Waals surface area contributed by atoms with Crippen LogP contribution in [-0.2, 0) is 4.79 Å². The summed E-state index contributed by atoms with van der Waals surface area (Å²) in [7, 11) is 0. The number of nitrogens with one attached hydrogen (secondary N) is 2. The number of carbonyl (C=O) groups excluding carboxylic acids is 1. The maximum atomic E-state index is 13.0. The molecule has 0 atom stereocenters. The van der Waals surface area contributed by atoms with Gasteiger partial charge >= 0.3 is 6.11 Å². The largest absolute Gasteiger partial charge is 0.433 e. The van der Waals surface area contributed by atoms with Crippen molar-refractivity contribution in [1.82, 2.24) is 4.98 Å². The number of ether oxygens (including phenoxy) is 1. The molecule has 1 aromatic heterocycles. The molecule has 0 bridgehead atoms. The molecule has 7 nitrogen and oxygen atoms in total. The van der Waals surface area contributed by atoms with Gasteiger partial charge in [-0.1, -0.05) is 13.0 Å². The number of pyridine rings is 1. The van der Waals surface area contributed by atoms with E-state index in [1.807, 2.05) is 13.0 Å². The highest BCUT2D eigenvalue weighted by atomic mass is 19.3. The van der Waals surface area contributed by atoms with Gasteiger partial charge in [0.15, 0.2) is 0 Å². The Kier molecular flexibility index (Phi) is 7.63. The van der Waals surface area contributed by atoms with Gasteiger partial charge in [-0.15, -0.1) is 0 Å². The van der Waals surface area contributed by atoms with Gasteiger partial charge in [-0.2, -0.15) is 8.78 Å². The van der Waals surface area contributed by atoms with Crippen LogP contribution in [0.1, 0.15) is 25.8 Å². The van der Waals surface area contributed by atoms with Crippen LogP contribution >= 0.6 is 0 Å². The zero-order chi connectivity index (χ0) is 21.4. The van der Waals surface area contributed by atoms with Crippen LogP contribution in [0, 0.1) is 0 Å². The van der Waals surface area contributed by atoms with E-state index in [0.717, 1.165) is 5.57 Å². The van der Waals surface area contributed by atoms with Gasteiger partial charge in [0.2, 0.25) is 5.91 Å². The first-order valence-electron chi connectivity index (χ1n) is 9.00. The minimum Gasteiger partial charge on any atom is -0.433 e. The van der Waals surface area contributed by atoms with Crippen molar-refractivity contribution >= 4 is 28.7 Å². The number of allylic oxidation sites excluding steroid dienone is 1. The predicted octanol–water partition coefficient (Wildman–Crippen LogP) is 3.50. The van der Waals surface area contributed by atoms with Crippen molar-refractivity contribution in [3.8, 4) is 5.75 Å². The first-order chi connectivity index (χ1) is 13.8. The third-order valence-corrected chi connectivity index (χ3v) is 3.77. The first-order valence-corrected chi connectivity index (χ1v) is 9.00. The number of anilines is 3. The van der Waals surface area contributed by atoms with E-state index in [1.165, 1.54) is 18.3 Å². The van der Waals surface area contributed by atoms with Crippen LogP contribution in [0.3, 0.4) is 0 Å². The minimum absolute atomic E-state index is 0.0220. The molecule has 0 radical (unpaired) electrons. The summed E-state index contributed by atoms with van der Waals surface area (Å²) < 4.78 is 30.5. The standard InChI is InChI=1S/C20H24F2N4O3/c1-3-4-13(11-23)18-16(26-17(28)12-27)9-10-24-19(18)25-14-5-7-15(8-6-14)29-20(2,21)22/h4-10,27H,3,11-12,23H2,1-2H3,(H2,24,25,26,28)/b13-4+. The number of carbonyl (C=O) groups is 1. The van der Waals surface area contributed by atoms with Gasteiger partial charge in [-0.3, -0.25) is 4.79 Å². The number of hydrogen-bond donors (Lipinski definition) is 4. The van der Waals surface area contributed by atoms with Crippen LogP contribution in [0.5, 0.6) is 5.75 Å². The Bertz CT molecular complexity index is 865. The third kappa shape index (κ3) is 6.51. The van der Waals surface area contributed by atoms with Crippen LogP contribution in [0.25, 0.3) is 5.57 Å². The monoisotopic (exact) mass is 406 g/mol. The summed E-state index contributed by atoms with van der Waals surface area (Å²) in [6.45, 7) is 2.15. The zero-order valence-electron chi connectivity index (χ0n) is 16.2. The van der Waals surface area contributed by atoms with E-state index in [-0.39, 0.29) is 12.3 Å². The summed E-state index contributed by atoms with van der Waals surface area (Å²) in [6, 6.07) is 7.55. The van der Waals surface area contributed by atoms with Crippen molar-refractivity contribution in [1.29, 1.82) is 0 Å². The summed E-state index contributed by atoms with van der Waals surface area (Å²) in [4.78, 5) is 16.0. The maximum Gasteiger partial charge on any atom is 0.394 e. The number of alkyl halides is 2. The summed E-state index contributed by atoms with van der Waals surface area (Å²) >= 11 is 0. The minimum atomic E-state index is -3.27. The Morgan fingerprint density at radius 3 is 2.55 bits per heavy atom. The molecule has 1 amide bonds. The van der Waals surface area contributed by atoms with Crippen molar-refractivity contribution in [2.75, 3.05) is 23.8 Å². The molecule has 0 unspecified atom stereocenters. The Morgan fingerprint density at radius 2 is 2.00 bits per heavy atom. The molecule has 2 aromatic rings. The highest BCUT2D eigenvalue weighted by Gasteiger charge is 2.23. The maximum absolute atomic E-state index is 13.0. The van der Waals surface area contributed by atoms with Crippen LogP contribution in [0.4, 0.5) is 26.0 Å². The number of aliphatic hydroxyl groups is 1. The van der Waals surface area contributed by atoms with Crippen molar-refractivity contribution in [3.05, 3.63) is 48.2 Å². The highest BCUT2D eigenvalue weighted by Crippen LogP contribution is 2.32. The lowest BCUT2D eigenvalue weighted by Crippen LogP contribution is -2.19. The van der Waals surface area contributed by atoms with E-state index in [2.05, 4.69) is 20.4 Å². The fourth-order valence-corrected chi connectivity index (χ4v) is 2.66. The van der Waals surface area contributed by atoms with Gasteiger partial charge in [0.25, 0.3) is 0 Å². The average molecular weight is 406 g/mol.